The molecule has 2 amide bonds. The lowest BCUT2D eigenvalue weighted by atomic mass is 10.1. The Morgan fingerprint density at radius 2 is 1.68 bits per heavy atom. The Hall–Kier alpha value is -3.56. The highest BCUT2D eigenvalue weighted by Crippen LogP contribution is 2.32. The van der Waals surface area contributed by atoms with E-state index in [1.807, 2.05) is 6.92 Å². The number of benzene rings is 3. The lowest BCUT2D eigenvalue weighted by molar-refractivity contribution is -0.139. The molecule has 1 atom stereocenters. The van der Waals surface area contributed by atoms with Gasteiger partial charge < -0.3 is 15.0 Å². The van der Waals surface area contributed by atoms with E-state index in [4.69, 9.17) is 16.3 Å². The van der Waals surface area contributed by atoms with Crippen molar-refractivity contribution in [1.82, 2.24) is 10.2 Å². The summed E-state index contributed by atoms with van der Waals surface area (Å²) in [4.78, 5) is 28.2. The minimum atomic E-state index is -4.17. The summed E-state index contributed by atoms with van der Waals surface area (Å²) in [5.41, 5.74) is 0.911. The van der Waals surface area contributed by atoms with E-state index in [1.54, 1.807) is 73.7 Å². The van der Waals surface area contributed by atoms with E-state index in [0.29, 0.717) is 17.1 Å². The molecule has 8 nitrogen and oxygen atoms in total. The number of rotatable bonds is 12. The number of carbonyl (C=O) groups is 2. The van der Waals surface area contributed by atoms with Gasteiger partial charge >= 0.3 is 0 Å². The van der Waals surface area contributed by atoms with Crippen LogP contribution in [0.3, 0.4) is 0 Å². The third-order valence-corrected chi connectivity index (χ3v) is 7.93. The van der Waals surface area contributed by atoms with E-state index in [2.05, 4.69) is 5.32 Å². The number of carbonyl (C=O) groups excluding carboxylic acids is 2. The molecule has 3 rings (SSSR count). The van der Waals surface area contributed by atoms with Crippen LogP contribution in [0, 0.1) is 0 Å². The van der Waals surface area contributed by atoms with Gasteiger partial charge in [0.25, 0.3) is 10.0 Å². The molecule has 3 aromatic carbocycles. The summed E-state index contributed by atoms with van der Waals surface area (Å²) in [5.74, 6) is -0.610. The van der Waals surface area contributed by atoms with Gasteiger partial charge in [0.1, 0.15) is 18.3 Å². The van der Waals surface area contributed by atoms with Crippen LogP contribution >= 0.6 is 11.6 Å². The molecule has 0 unspecified atom stereocenters. The van der Waals surface area contributed by atoms with Crippen molar-refractivity contribution < 1.29 is 22.7 Å². The van der Waals surface area contributed by atoms with Crippen molar-refractivity contribution in [3.05, 3.63) is 89.4 Å². The van der Waals surface area contributed by atoms with Crippen LogP contribution in [0.15, 0.2) is 83.8 Å². The molecule has 0 saturated heterocycles. The number of anilines is 1. The maximum absolute atomic E-state index is 13.9. The van der Waals surface area contributed by atoms with Crippen LogP contribution in [-0.2, 0) is 26.2 Å². The van der Waals surface area contributed by atoms with Gasteiger partial charge in [0.05, 0.1) is 17.7 Å². The number of methoxy groups -OCH3 is 1. The maximum Gasteiger partial charge on any atom is 0.264 e. The van der Waals surface area contributed by atoms with Crippen molar-refractivity contribution in [2.24, 2.45) is 0 Å². The highest BCUT2D eigenvalue weighted by atomic mass is 35.5. The van der Waals surface area contributed by atoms with Crippen LogP contribution < -0.4 is 14.4 Å². The van der Waals surface area contributed by atoms with Crippen LogP contribution in [0.2, 0.25) is 5.02 Å². The quantitative estimate of drug-likeness (QED) is 0.354. The van der Waals surface area contributed by atoms with Crippen LogP contribution in [-0.4, -0.2) is 51.4 Å². The summed E-state index contributed by atoms with van der Waals surface area (Å²) in [6.45, 7) is 3.51. The third kappa shape index (κ3) is 7.05. The number of para-hydroxylation sites is 2. The average Bonchev–Trinajstić information content (AvgIpc) is 2.93. The standard InChI is InChI=1S/C28H32ClN3O5S/c1-4-17-30-28(34)21(2)31(19-22-11-10-12-23(29)18-22)27(33)20-32(25-15-8-9-16-26(25)37-3)38(35,36)24-13-6-5-7-14-24/h5-16,18,21H,4,17,19-20H2,1-3H3,(H,30,34)/t21-/m1/s1. The SMILES string of the molecule is CCCNC(=O)[C@@H](C)N(Cc1cccc(Cl)c1)C(=O)CN(c1ccccc1OC)S(=O)(=O)c1ccccc1. The van der Waals surface area contributed by atoms with Crippen molar-refractivity contribution in [2.45, 2.75) is 37.8 Å². The molecule has 0 aliphatic carbocycles. The topological polar surface area (TPSA) is 96.0 Å². The first-order chi connectivity index (χ1) is 18.2. The van der Waals surface area contributed by atoms with Gasteiger partial charge in [-0.05, 0) is 55.3 Å². The number of halogens is 1. The molecule has 0 aliphatic heterocycles. The fraction of sp³-hybridized carbons (Fsp3) is 0.286. The molecule has 0 aliphatic rings. The first kappa shape index (κ1) is 29.0. The van der Waals surface area contributed by atoms with E-state index < -0.39 is 28.5 Å². The Morgan fingerprint density at radius 3 is 2.34 bits per heavy atom. The Kier molecular flexibility index (Phi) is 10.2. The zero-order chi connectivity index (χ0) is 27.7. The molecule has 3 aromatic rings. The summed E-state index contributed by atoms with van der Waals surface area (Å²) in [5, 5.41) is 3.30. The van der Waals surface area contributed by atoms with Gasteiger partial charge in [-0.2, -0.15) is 0 Å². The molecule has 1 N–H and O–H groups in total. The Bertz CT molecular complexity index is 1350. The van der Waals surface area contributed by atoms with E-state index in [9.17, 15) is 18.0 Å². The molecular formula is C28H32ClN3O5S. The lowest BCUT2D eigenvalue weighted by Gasteiger charge is -2.32. The zero-order valence-corrected chi connectivity index (χ0v) is 23.2. The van der Waals surface area contributed by atoms with Gasteiger partial charge in [-0.15, -0.1) is 0 Å². The molecule has 0 fully saturated rings. The Morgan fingerprint density at radius 1 is 1.00 bits per heavy atom. The van der Waals surface area contributed by atoms with Gasteiger partial charge in [-0.1, -0.05) is 61.0 Å². The highest BCUT2D eigenvalue weighted by Gasteiger charge is 2.33. The molecule has 202 valence electrons. The summed E-state index contributed by atoms with van der Waals surface area (Å²) < 4.78 is 34.1. The largest absolute Gasteiger partial charge is 0.495 e. The average molecular weight is 558 g/mol. The normalized spacial score (nSPS) is 11.9. The lowest BCUT2D eigenvalue weighted by Crippen LogP contribution is -2.51. The molecule has 0 radical (unpaired) electrons. The molecule has 10 heteroatoms. The predicted octanol–water partition coefficient (Wildman–Crippen LogP) is 4.49. The number of nitrogens with one attached hydrogen (secondary N) is 1. The fourth-order valence-electron chi connectivity index (χ4n) is 3.88. The van der Waals surface area contributed by atoms with Crippen LogP contribution in [0.5, 0.6) is 5.75 Å². The predicted molar refractivity (Wildman–Crippen MR) is 149 cm³/mol. The smallest absolute Gasteiger partial charge is 0.264 e. The summed E-state index contributed by atoms with van der Waals surface area (Å²) in [6.07, 6.45) is 0.734. The van der Waals surface area contributed by atoms with E-state index >= 15 is 0 Å². The van der Waals surface area contributed by atoms with Gasteiger partial charge in [-0.25, -0.2) is 8.42 Å². The van der Waals surface area contributed by atoms with E-state index in [1.165, 1.54) is 24.1 Å². The van der Waals surface area contributed by atoms with Gasteiger partial charge in [-0.3, -0.25) is 13.9 Å². The number of amides is 2. The summed E-state index contributed by atoms with van der Waals surface area (Å²) in [7, 11) is -2.74. The second-order valence-corrected chi connectivity index (χ2v) is 10.9. The number of hydrogen-bond donors (Lipinski definition) is 1. The minimum absolute atomic E-state index is 0.0221. The number of hydrogen-bond acceptors (Lipinski definition) is 5. The van der Waals surface area contributed by atoms with E-state index in [0.717, 1.165) is 10.7 Å². The van der Waals surface area contributed by atoms with Crippen molar-refractivity contribution in [2.75, 3.05) is 24.5 Å². The first-order valence-corrected chi connectivity index (χ1v) is 14.0. The fourth-order valence-corrected chi connectivity index (χ4v) is 5.54. The molecule has 0 bridgehead atoms. The molecule has 38 heavy (non-hydrogen) atoms. The second-order valence-electron chi connectivity index (χ2n) is 8.62. The molecule has 0 saturated carbocycles. The van der Waals surface area contributed by atoms with Gasteiger partial charge in [0.2, 0.25) is 11.8 Å². The third-order valence-electron chi connectivity index (χ3n) is 5.92. The van der Waals surface area contributed by atoms with Crippen LogP contribution in [0.25, 0.3) is 0 Å². The highest BCUT2D eigenvalue weighted by molar-refractivity contribution is 7.92. The molecule has 0 aromatic heterocycles. The van der Waals surface area contributed by atoms with Crippen LogP contribution in [0.4, 0.5) is 5.69 Å². The van der Waals surface area contributed by atoms with Crippen molar-refractivity contribution >= 4 is 39.1 Å². The van der Waals surface area contributed by atoms with Gasteiger partial charge in [0.15, 0.2) is 0 Å². The monoisotopic (exact) mass is 557 g/mol. The number of nitrogens with zero attached hydrogens (tertiary/aromatic N) is 2. The van der Waals surface area contributed by atoms with Crippen molar-refractivity contribution in [3.8, 4) is 5.75 Å². The van der Waals surface area contributed by atoms with Crippen LogP contribution in [0.1, 0.15) is 25.8 Å². The Labute approximate surface area is 229 Å². The molecule has 0 spiro atoms. The van der Waals surface area contributed by atoms with Crippen molar-refractivity contribution in [3.63, 3.8) is 0 Å². The van der Waals surface area contributed by atoms with Crippen molar-refractivity contribution in [1.29, 1.82) is 0 Å². The van der Waals surface area contributed by atoms with E-state index in [-0.39, 0.29) is 28.8 Å². The zero-order valence-electron chi connectivity index (χ0n) is 21.6. The van der Waals surface area contributed by atoms with Gasteiger partial charge in [0, 0.05) is 18.1 Å². The maximum atomic E-state index is 13.9. The second kappa shape index (κ2) is 13.3. The minimum Gasteiger partial charge on any atom is -0.495 e. The number of ether oxygens (including phenoxy) is 1. The Balaban J connectivity index is 2.04. The summed E-state index contributed by atoms with van der Waals surface area (Å²) >= 11 is 6.16. The molecular weight excluding hydrogens is 526 g/mol. The molecule has 0 heterocycles. The summed E-state index contributed by atoms with van der Waals surface area (Å²) in [6, 6.07) is 20.5. The first-order valence-electron chi connectivity index (χ1n) is 12.2. The number of sulfonamides is 1.